The van der Waals surface area contributed by atoms with Crippen molar-refractivity contribution in [1.29, 1.82) is 0 Å². The first-order valence-electron chi connectivity index (χ1n) is 10.7. The number of benzene rings is 3. The van der Waals surface area contributed by atoms with Crippen molar-refractivity contribution < 1.29 is 19.3 Å². The molecule has 0 aliphatic carbocycles. The van der Waals surface area contributed by atoms with E-state index in [0.29, 0.717) is 43.6 Å². The highest BCUT2D eigenvalue weighted by Crippen LogP contribution is 2.35. The number of rotatable bonds is 7. The summed E-state index contributed by atoms with van der Waals surface area (Å²) in [7, 11) is 0. The van der Waals surface area contributed by atoms with E-state index < -0.39 is 11.7 Å². The lowest BCUT2D eigenvalue weighted by molar-refractivity contribution is -0.0374. The number of piperidine rings is 1. The van der Waals surface area contributed by atoms with Crippen LogP contribution in [0.2, 0.25) is 0 Å². The molecule has 0 bridgehead atoms. The molecule has 3 aromatic carbocycles. The van der Waals surface area contributed by atoms with Crippen LogP contribution in [0.3, 0.4) is 0 Å². The summed E-state index contributed by atoms with van der Waals surface area (Å²) < 4.78 is 20.4. The predicted molar refractivity (Wildman–Crippen MR) is 119 cm³/mol. The second-order valence-corrected chi connectivity index (χ2v) is 8.17. The van der Waals surface area contributed by atoms with E-state index in [1.807, 2.05) is 66.7 Å². The number of ether oxygens (including phenoxy) is 1. The maximum Gasteiger partial charge on any atom is 0.131 e. The van der Waals surface area contributed by atoms with Crippen LogP contribution in [-0.4, -0.2) is 47.5 Å². The SMILES string of the molecule is OC(COc1ccccc1)CN1CCC(O)(c2ccc(-c3ccccc3)c(F)c2)CC1. The molecule has 0 amide bonds. The average molecular weight is 422 g/mol. The molecule has 4 nitrogen and oxygen atoms in total. The molecule has 1 aliphatic rings. The number of β-amino-alcohol motifs (C(OH)–C–C–N with tert-alkyl or cyclic N) is 1. The Kier molecular flexibility index (Phi) is 6.66. The first-order valence-corrected chi connectivity index (χ1v) is 10.7. The fraction of sp³-hybridized carbons (Fsp3) is 0.308. The molecule has 1 atom stereocenters. The zero-order valence-corrected chi connectivity index (χ0v) is 17.5. The summed E-state index contributed by atoms with van der Waals surface area (Å²) in [5, 5.41) is 21.5. The molecule has 31 heavy (non-hydrogen) atoms. The van der Waals surface area contributed by atoms with Gasteiger partial charge in [-0.3, -0.25) is 0 Å². The Labute approximate surface area is 182 Å². The molecule has 162 valence electrons. The molecule has 1 unspecified atom stereocenters. The smallest absolute Gasteiger partial charge is 0.131 e. The molecule has 0 saturated carbocycles. The molecule has 4 rings (SSSR count). The van der Waals surface area contributed by atoms with Crippen molar-refractivity contribution in [2.75, 3.05) is 26.2 Å². The summed E-state index contributed by atoms with van der Waals surface area (Å²) in [6.07, 6.45) is 0.362. The number of halogens is 1. The van der Waals surface area contributed by atoms with Gasteiger partial charge in [0.1, 0.15) is 24.3 Å². The van der Waals surface area contributed by atoms with Crippen LogP contribution in [0, 0.1) is 5.82 Å². The number of aliphatic hydroxyl groups excluding tert-OH is 1. The van der Waals surface area contributed by atoms with Crippen LogP contribution in [0.5, 0.6) is 5.75 Å². The van der Waals surface area contributed by atoms with Gasteiger partial charge in [0.25, 0.3) is 0 Å². The van der Waals surface area contributed by atoms with Crippen molar-refractivity contribution in [3.05, 3.63) is 90.2 Å². The maximum absolute atomic E-state index is 14.8. The van der Waals surface area contributed by atoms with Gasteiger partial charge in [-0.15, -0.1) is 0 Å². The molecular weight excluding hydrogens is 393 g/mol. The van der Waals surface area contributed by atoms with Gasteiger partial charge < -0.3 is 19.8 Å². The van der Waals surface area contributed by atoms with Crippen molar-refractivity contribution in [2.45, 2.75) is 24.5 Å². The van der Waals surface area contributed by atoms with Gasteiger partial charge in [-0.25, -0.2) is 4.39 Å². The third kappa shape index (κ3) is 5.31. The van der Waals surface area contributed by atoms with Crippen LogP contribution in [0.4, 0.5) is 4.39 Å². The van der Waals surface area contributed by atoms with E-state index >= 15 is 0 Å². The van der Waals surface area contributed by atoms with Gasteiger partial charge in [-0.2, -0.15) is 0 Å². The Hall–Kier alpha value is -2.73. The van der Waals surface area contributed by atoms with E-state index in [9.17, 15) is 14.6 Å². The molecule has 2 N–H and O–H groups in total. The molecule has 5 heteroatoms. The van der Waals surface area contributed by atoms with Crippen molar-refractivity contribution >= 4 is 0 Å². The fourth-order valence-electron chi connectivity index (χ4n) is 4.11. The molecule has 1 aliphatic heterocycles. The van der Waals surface area contributed by atoms with Gasteiger partial charge in [0.2, 0.25) is 0 Å². The van der Waals surface area contributed by atoms with Gasteiger partial charge in [0.15, 0.2) is 0 Å². The van der Waals surface area contributed by atoms with Crippen LogP contribution >= 0.6 is 0 Å². The second kappa shape index (κ2) is 9.60. The molecule has 1 saturated heterocycles. The summed E-state index contributed by atoms with van der Waals surface area (Å²) in [6.45, 7) is 1.95. The van der Waals surface area contributed by atoms with Gasteiger partial charge in [-0.1, -0.05) is 60.7 Å². The highest BCUT2D eigenvalue weighted by molar-refractivity contribution is 5.64. The molecule has 0 aromatic heterocycles. The largest absolute Gasteiger partial charge is 0.491 e. The first kappa shape index (κ1) is 21.5. The monoisotopic (exact) mass is 421 g/mol. The van der Waals surface area contributed by atoms with E-state index in [2.05, 4.69) is 4.90 Å². The molecular formula is C26H28FNO3. The Morgan fingerprint density at radius 1 is 0.935 bits per heavy atom. The number of nitrogens with zero attached hydrogens (tertiary/aromatic N) is 1. The van der Waals surface area contributed by atoms with Crippen molar-refractivity contribution in [3.63, 3.8) is 0 Å². The quantitative estimate of drug-likeness (QED) is 0.600. The standard InChI is InChI=1S/C26H28FNO3/c27-25-17-21(11-12-24(25)20-7-3-1-4-8-20)26(30)13-15-28(16-14-26)18-22(29)19-31-23-9-5-2-6-10-23/h1-12,17,22,29-30H,13-16,18-19H2. The Morgan fingerprint density at radius 3 is 2.23 bits per heavy atom. The molecule has 1 fully saturated rings. The van der Waals surface area contributed by atoms with Crippen LogP contribution in [0.15, 0.2) is 78.9 Å². The summed E-state index contributed by atoms with van der Waals surface area (Å²) in [6, 6.07) is 23.8. The zero-order valence-electron chi connectivity index (χ0n) is 17.5. The average Bonchev–Trinajstić information content (AvgIpc) is 2.80. The van der Waals surface area contributed by atoms with E-state index in [0.717, 1.165) is 11.3 Å². The normalized spacial score (nSPS) is 17.3. The third-order valence-electron chi connectivity index (χ3n) is 5.93. The van der Waals surface area contributed by atoms with Crippen LogP contribution in [-0.2, 0) is 5.60 Å². The number of likely N-dealkylation sites (tertiary alicyclic amines) is 1. The van der Waals surface area contributed by atoms with Crippen molar-refractivity contribution in [3.8, 4) is 16.9 Å². The Morgan fingerprint density at radius 2 is 1.58 bits per heavy atom. The van der Waals surface area contributed by atoms with Crippen LogP contribution < -0.4 is 4.74 Å². The molecule has 3 aromatic rings. The fourth-order valence-corrected chi connectivity index (χ4v) is 4.11. The minimum Gasteiger partial charge on any atom is -0.491 e. The van der Waals surface area contributed by atoms with Crippen LogP contribution in [0.25, 0.3) is 11.1 Å². The lowest BCUT2D eigenvalue weighted by atomic mass is 9.83. The second-order valence-electron chi connectivity index (χ2n) is 8.17. The molecule has 1 heterocycles. The van der Waals surface area contributed by atoms with Crippen LogP contribution in [0.1, 0.15) is 18.4 Å². The van der Waals surface area contributed by atoms with E-state index in [1.54, 1.807) is 6.07 Å². The topological polar surface area (TPSA) is 52.9 Å². The number of para-hydroxylation sites is 1. The summed E-state index contributed by atoms with van der Waals surface area (Å²) in [5.41, 5.74) is 0.905. The van der Waals surface area contributed by atoms with E-state index in [-0.39, 0.29) is 12.4 Å². The van der Waals surface area contributed by atoms with Gasteiger partial charge in [0.05, 0.1) is 5.60 Å². The van der Waals surface area contributed by atoms with Gasteiger partial charge in [0, 0.05) is 25.2 Å². The summed E-state index contributed by atoms with van der Waals surface area (Å²) in [4.78, 5) is 2.11. The lowest BCUT2D eigenvalue weighted by Gasteiger charge is -2.39. The Bertz CT molecular complexity index is 972. The first-order chi connectivity index (χ1) is 15.0. The minimum absolute atomic E-state index is 0.219. The van der Waals surface area contributed by atoms with E-state index in [4.69, 9.17) is 4.74 Å². The number of hydrogen-bond acceptors (Lipinski definition) is 4. The maximum atomic E-state index is 14.8. The van der Waals surface area contributed by atoms with Gasteiger partial charge >= 0.3 is 0 Å². The Balaban J connectivity index is 1.32. The highest BCUT2D eigenvalue weighted by atomic mass is 19.1. The lowest BCUT2D eigenvalue weighted by Crippen LogP contribution is -2.46. The van der Waals surface area contributed by atoms with Gasteiger partial charge in [-0.05, 0) is 42.2 Å². The highest BCUT2D eigenvalue weighted by Gasteiger charge is 2.35. The van der Waals surface area contributed by atoms with Crippen molar-refractivity contribution in [1.82, 2.24) is 4.90 Å². The van der Waals surface area contributed by atoms with E-state index in [1.165, 1.54) is 6.07 Å². The zero-order chi connectivity index (χ0) is 21.7. The summed E-state index contributed by atoms with van der Waals surface area (Å²) in [5.74, 6) is 0.406. The molecule has 0 spiro atoms. The summed E-state index contributed by atoms with van der Waals surface area (Å²) >= 11 is 0. The minimum atomic E-state index is -1.06. The number of aliphatic hydroxyl groups is 2. The van der Waals surface area contributed by atoms with Crippen molar-refractivity contribution in [2.24, 2.45) is 0 Å². The molecule has 0 radical (unpaired) electrons. The number of hydrogen-bond donors (Lipinski definition) is 2. The predicted octanol–water partition coefficient (Wildman–Crippen LogP) is 4.22. The third-order valence-corrected chi connectivity index (χ3v) is 5.93.